The van der Waals surface area contributed by atoms with Crippen molar-refractivity contribution in [1.29, 1.82) is 0 Å². The second kappa shape index (κ2) is 4.74. The molecule has 5 heteroatoms. The van der Waals surface area contributed by atoms with E-state index in [9.17, 15) is 4.79 Å². The molecule has 102 valence electrons. The minimum atomic E-state index is -0.618. The van der Waals surface area contributed by atoms with E-state index in [1.165, 1.54) is 0 Å². The number of fused-ring (bicyclic) bond motifs is 1. The Morgan fingerprint density at radius 3 is 2.58 bits per heavy atom. The standard InChI is InChI=1S/C14H18N2O3/c1-9-6-11-12(19-8-18-11)7-10(9)13(15)14(17)16-4-2-3-5-16/h6-7,13H,2-5,8,15H2,1H3. The van der Waals surface area contributed by atoms with Gasteiger partial charge in [0.15, 0.2) is 11.5 Å². The molecule has 1 unspecified atom stereocenters. The summed E-state index contributed by atoms with van der Waals surface area (Å²) in [6, 6.07) is 3.10. The zero-order valence-corrected chi connectivity index (χ0v) is 11.0. The van der Waals surface area contributed by atoms with Gasteiger partial charge < -0.3 is 20.1 Å². The third-order valence-electron chi connectivity index (χ3n) is 3.78. The van der Waals surface area contributed by atoms with Crippen LogP contribution in [0.1, 0.15) is 30.0 Å². The van der Waals surface area contributed by atoms with Crippen LogP contribution in [0.2, 0.25) is 0 Å². The predicted octanol–water partition coefficient (Wildman–Crippen LogP) is 1.35. The number of amides is 1. The first-order chi connectivity index (χ1) is 9.16. The number of ether oxygens (including phenoxy) is 2. The fourth-order valence-corrected chi connectivity index (χ4v) is 2.66. The lowest BCUT2D eigenvalue weighted by molar-refractivity contribution is -0.131. The number of benzene rings is 1. The second-order valence-corrected chi connectivity index (χ2v) is 5.07. The Balaban J connectivity index is 1.86. The zero-order valence-electron chi connectivity index (χ0n) is 11.0. The summed E-state index contributed by atoms with van der Waals surface area (Å²) in [5.74, 6) is 1.40. The van der Waals surface area contributed by atoms with Gasteiger partial charge in [0.25, 0.3) is 0 Å². The number of carbonyl (C=O) groups is 1. The van der Waals surface area contributed by atoms with Crippen molar-refractivity contribution in [3.63, 3.8) is 0 Å². The van der Waals surface area contributed by atoms with Gasteiger partial charge in [0, 0.05) is 13.1 Å². The van der Waals surface area contributed by atoms with Crippen LogP contribution in [0.25, 0.3) is 0 Å². The maximum atomic E-state index is 12.3. The summed E-state index contributed by atoms with van der Waals surface area (Å²) in [7, 11) is 0. The van der Waals surface area contributed by atoms with Crippen molar-refractivity contribution in [2.75, 3.05) is 19.9 Å². The molecule has 2 aliphatic rings. The Labute approximate surface area is 112 Å². The minimum Gasteiger partial charge on any atom is -0.454 e. The number of hydrogen-bond donors (Lipinski definition) is 1. The Kier molecular flexibility index (Phi) is 3.06. The van der Waals surface area contributed by atoms with Crippen molar-refractivity contribution in [3.8, 4) is 11.5 Å². The Morgan fingerprint density at radius 1 is 1.26 bits per heavy atom. The third kappa shape index (κ3) is 2.14. The lowest BCUT2D eigenvalue weighted by atomic mass is 10.00. The van der Waals surface area contributed by atoms with Crippen molar-refractivity contribution < 1.29 is 14.3 Å². The normalized spacial score (nSPS) is 18.7. The molecule has 0 aliphatic carbocycles. The van der Waals surface area contributed by atoms with Gasteiger partial charge in [-0.2, -0.15) is 0 Å². The highest BCUT2D eigenvalue weighted by Crippen LogP contribution is 2.36. The molecule has 1 fully saturated rings. The molecule has 0 aromatic heterocycles. The van der Waals surface area contributed by atoms with Crippen molar-refractivity contribution in [3.05, 3.63) is 23.3 Å². The van der Waals surface area contributed by atoms with E-state index in [1.807, 2.05) is 24.0 Å². The van der Waals surface area contributed by atoms with Gasteiger partial charge in [-0.05, 0) is 43.0 Å². The van der Waals surface area contributed by atoms with Gasteiger partial charge in [0.2, 0.25) is 12.7 Å². The van der Waals surface area contributed by atoms with Gasteiger partial charge in [-0.15, -0.1) is 0 Å². The van der Waals surface area contributed by atoms with Crippen LogP contribution in [0, 0.1) is 6.92 Å². The fourth-order valence-electron chi connectivity index (χ4n) is 2.66. The van der Waals surface area contributed by atoms with Crippen molar-refractivity contribution in [2.45, 2.75) is 25.8 Å². The molecule has 19 heavy (non-hydrogen) atoms. The lowest BCUT2D eigenvalue weighted by Gasteiger charge is -2.21. The Morgan fingerprint density at radius 2 is 1.89 bits per heavy atom. The SMILES string of the molecule is Cc1cc2c(cc1C(N)C(=O)N1CCCC1)OCO2. The molecule has 1 aromatic rings. The summed E-state index contributed by atoms with van der Waals surface area (Å²) >= 11 is 0. The number of nitrogens with zero attached hydrogens (tertiary/aromatic N) is 1. The number of hydrogen-bond acceptors (Lipinski definition) is 4. The molecule has 2 heterocycles. The minimum absolute atomic E-state index is 0.000495. The summed E-state index contributed by atoms with van der Waals surface area (Å²) in [5.41, 5.74) is 7.91. The summed E-state index contributed by atoms with van der Waals surface area (Å²) < 4.78 is 10.7. The highest BCUT2D eigenvalue weighted by molar-refractivity contribution is 5.84. The van der Waals surface area contributed by atoms with Crippen molar-refractivity contribution in [1.82, 2.24) is 4.90 Å². The van der Waals surface area contributed by atoms with E-state index in [-0.39, 0.29) is 12.7 Å². The van der Waals surface area contributed by atoms with Crippen LogP contribution >= 0.6 is 0 Å². The fraction of sp³-hybridized carbons (Fsp3) is 0.500. The summed E-state index contributed by atoms with van der Waals surface area (Å²) in [5, 5.41) is 0. The van der Waals surface area contributed by atoms with Gasteiger partial charge in [0.05, 0.1) is 0 Å². The van der Waals surface area contributed by atoms with Gasteiger partial charge in [0.1, 0.15) is 6.04 Å². The first kappa shape index (κ1) is 12.3. The molecule has 2 N–H and O–H groups in total. The largest absolute Gasteiger partial charge is 0.454 e. The Hall–Kier alpha value is -1.75. The number of rotatable bonds is 2. The molecule has 0 spiro atoms. The van der Waals surface area contributed by atoms with Crippen LogP contribution < -0.4 is 15.2 Å². The monoisotopic (exact) mass is 262 g/mol. The van der Waals surface area contributed by atoms with Crippen molar-refractivity contribution >= 4 is 5.91 Å². The molecule has 1 saturated heterocycles. The average Bonchev–Trinajstić information content (AvgIpc) is 3.06. The van der Waals surface area contributed by atoms with Crippen LogP contribution in [-0.4, -0.2) is 30.7 Å². The number of nitrogens with two attached hydrogens (primary N) is 1. The summed E-state index contributed by atoms with van der Waals surface area (Å²) in [4.78, 5) is 14.2. The average molecular weight is 262 g/mol. The van der Waals surface area contributed by atoms with E-state index in [4.69, 9.17) is 15.2 Å². The maximum absolute atomic E-state index is 12.3. The highest BCUT2D eigenvalue weighted by atomic mass is 16.7. The Bertz CT molecular complexity index is 510. The van der Waals surface area contributed by atoms with Gasteiger partial charge >= 0.3 is 0 Å². The molecule has 1 aromatic carbocycles. The molecule has 0 bridgehead atoms. The first-order valence-electron chi connectivity index (χ1n) is 6.61. The van der Waals surface area contributed by atoms with E-state index in [0.29, 0.717) is 5.75 Å². The van der Waals surface area contributed by atoms with E-state index in [0.717, 1.165) is 42.8 Å². The van der Waals surface area contributed by atoms with E-state index < -0.39 is 6.04 Å². The highest BCUT2D eigenvalue weighted by Gasteiger charge is 2.27. The van der Waals surface area contributed by atoms with E-state index in [2.05, 4.69) is 0 Å². The summed E-state index contributed by atoms with van der Waals surface area (Å²) in [6.07, 6.45) is 2.14. The molecular formula is C14H18N2O3. The summed E-state index contributed by atoms with van der Waals surface area (Å²) in [6.45, 7) is 3.80. The zero-order chi connectivity index (χ0) is 13.4. The lowest BCUT2D eigenvalue weighted by Crippen LogP contribution is -2.36. The van der Waals surface area contributed by atoms with Gasteiger partial charge in [-0.25, -0.2) is 0 Å². The predicted molar refractivity (Wildman–Crippen MR) is 70.0 cm³/mol. The quantitative estimate of drug-likeness (QED) is 0.873. The smallest absolute Gasteiger partial charge is 0.244 e. The number of likely N-dealkylation sites (tertiary alicyclic amines) is 1. The molecule has 0 radical (unpaired) electrons. The molecule has 0 saturated carbocycles. The second-order valence-electron chi connectivity index (χ2n) is 5.07. The van der Waals surface area contributed by atoms with Crippen LogP contribution in [0.5, 0.6) is 11.5 Å². The molecule has 5 nitrogen and oxygen atoms in total. The number of aryl methyl sites for hydroxylation is 1. The first-order valence-corrected chi connectivity index (χ1v) is 6.61. The van der Waals surface area contributed by atoms with E-state index in [1.54, 1.807) is 0 Å². The third-order valence-corrected chi connectivity index (χ3v) is 3.78. The molecular weight excluding hydrogens is 244 g/mol. The van der Waals surface area contributed by atoms with Crippen molar-refractivity contribution in [2.24, 2.45) is 5.73 Å². The van der Waals surface area contributed by atoms with Gasteiger partial charge in [-0.1, -0.05) is 0 Å². The topological polar surface area (TPSA) is 64.8 Å². The molecule has 3 rings (SSSR count). The van der Waals surface area contributed by atoms with Gasteiger partial charge in [-0.3, -0.25) is 4.79 Å². The van der Waals surface area contributed by atoms with Crippen LogP contribution in [-0.2, 0) is 4.79 Å². The van der Waals surface area contributed by atoms with Crippen LogP contribution in [0.15, 0.2) is 12.1 Å². The molecule has 1 atom stereocenters. The van der Waals surface area contributed by atoms with Crippen LogP contribution in [0.4, 0.5) is 0 Å². The molecule has 1 amide bonds. The van der Waals surface area contributed by atoms with E-state index >= 15 is 0 Å². The molecule has 2 aliphatic heterocycles. The van der Waals surface area contributed by atoms with Crippen LogP contribution in [0.3, 0.4) is 0 Å². The maximum Gasteiger partial charge on any atom is 0.244 e. The number of carbonyl (C=O) groups excluding carboxylic acids is 1.